The van der Waals surface area contributed by atoms with Gasteiger partial charge in [0.05, 0.1) is 24.4 Å². The van der Waals surface area contributed by atoms with Gasteiger partial charge in [0.2, 0.25) is 5.82 Å². The first-order valence-corrected chi connectivity index (χ1v) is 13.0. The molecule has 0 bridgehead atoms. The number of imidazole rings is 1. The molecule has 0 atom stereocenters. The fourth-order valence-electron chi connectivity index (χ4n) is 3.47. The summed E-state index contributed by atoms with van der Waals surface area (Å²) in [5.74, 6) is -1.95. The maximum Gasteiger partial charge on any atom is 0.573 e. The summed E-state index contributed by atoms with van der Waals surface area (Å²) < 4.78 is 67.7. The fraction of sp³-hybridized carbons (Fsp3) is 0.429. The number of hydrogen-bond donors (Lipinski definition) is 3. The molecular formula is C21H26F3N6O7P. The highest BCUT2D eigenvalue weighted by atomic mass is 31.2. The van der Waals surface area contributed by atoms with Crippen LogP contribution in [0, 0.1) is 0 Å². The number of nitrogens with one attached hydrogen (secondary N) is 2. The van der Waals surface area contributed by atoms with Crippen molar-refractivity contribution in [1.29, 1.82) is 0 Å². The number of hydrazine groups is 1. The molecule has 0 unspecified atom stereocenters. The normalized spacial score (nSPS) is 12.2. The Morgan fingerprint density at radius 1 is 1.21 bits per heavy atom. The molecule has 0 radical (unpaired) electrons. The van der Waals surface area contributed by atoms with Crippen molar-refractivity contribution >= 4 is 30.4 Å². The molecule has 38 heavy (non-hydrogen) atoms. The van der Waals surface area contributed by atoms with Crippen LogP contribution in [0.15, 0.2) is 29.3 Å². The zero-order chi connectivity index (χ0) is 28.3. The predicted octanol–water partition coefficient (Wildman–Crippen LogP) is 3.55. The van der Waals surface area contributed by atoms with E-state index in [1.807, 2.05) is 0 Å². The molecule has 13 nitrogen and oxygen atoms in total. The summed E-state index contributed by atoms with van der Waals surface area (Å²) >= 11 is 0. The molecule has 0 spiro atoms. The standard InChI is InChI=1S/C21H26F3N6O7P/c1-5-35-38(34,36-6-2)11-17(31)27-28-18-20(32)30(33)14-10-16(37-21(22,23)24)15(9-13(14)26-18)29-8-7-25-19(29)12(3)4/h7-10,12,33H,5-6,11H2,1-4H3,(H,26,28)(H,27,31). The van der Waals surface area contributed by atoms with Crippen LogP contribution < -0.4 is 21.1 Å². The minimum Gasteiger partial charge on any atom is -0.425 e. The SMILES string of the molecule is CCOP(=O)(CC(=O)NNc1nc2cc(-n3ccnc3C(C)C)c(OC(F)(F)F)cc2n(O)c1=O)OCC. The van der Waals surface area contributed by atoms with Crippen molar-refractivity contribution in [2.75, 3.05) is 24.8 Å². The van der Waals surface area contributed by atoms with E-state index in [4.69, 9.17) is 9.05 Å². The number of fused-ring (bicyclic) bond motifs is 1. The Morgan fingerprint density at radius 3 is 2.45 bits per heavy atom. The van der Waals surface area contributed by atoms with Gasteiger partial charge in [0.15, 0.2) is 5.75 Å². The lowest BCUT2D eigenvalue weighted by molar-refractivity contribution is -0.274. The van der Waals surface area contributed by atoms with E-state index in [1.54, 1.807) is 27.7 Å². The van der Waals surface area contributed by atoms with Crippen LogP contribution in [0.3, 0.4) is 0 Å². The van der Waals surface area contributed by atoms with Crippen LogP contribution in [-0.4, -0.2) is 56.1 Å². The molecule has 0 saturated carbocycles. The molecule has 0 aliphatic carbocycles. The van der Waals surface area contributed by atoms with Gasteiger partial charge >= 0.3 is 19.5 Å². The Balaban J connectivity index is 2.02. The molecular weight excluding hydrogens is 536 g/mol. The van der Waals surface area contributed by atoms with E-state index >= 15 is 0 Å². The lowest BCUT2D eigenvalue weighted by Crippen LogP contribution is -2.36. The van der Waals surface area contributed by atoms with Crippen LogP contribution in [0.1, 0.15) is 39.4 Å². The monoisotopic (exact) mass is 562 g/mol. The van der Waals surface area contributed by atoms with Gasteiger partial charge in [-0.15, -0.1) is 17.9 Å². The van der Waals surface area contributed by atoms with Crippen LogP contribution >= 0.6 is 7.60 Å². The molecule has 0 fully saturated rings. The van der Waals surface area contributed by atoms with Crippen LogP contribution in [-0.2, 0) is 18.4 Å². The molecule has 0 saturated heterocycles. The molecule has 1 amide bonds. The third kappa shape index (κ3) is 6.62. The third-order valence-electron chi connectivity index (χ3n) is 4.89. The van der Waals surface area contributed by atoms with E-state index < -0.39 is 48.7 Å². The van der Waals surface area contributed by atoms with Crippen molar-refractivity contribution < 1.29 is 41.5 Å². The summed E-state index contributed by atoms with van der Waals surface area (Å²) in [6, 6.07) is 1.96. The maximum atomic E-state index is 13.2. The molecule has 17 heteroatoms. The van der Waals surface area contributed by atoms with Crippen molar-refractivity contribution in [3.05, 3.63) is 40.7 Å². The van der Waals surface area contributed by atoms with Crippen molar-refractivity contribution in [2.24, 2.45) is 0 Å². The highest BCUT2D eigenvalue weighted by molar-refractivity contribution is 7.54. The van der Waals surface area contributed by atoms with Gasteiger partial charge < -0.3 is 19.0 Å². The number of benzene rings is 1. The number of hydrogen-bond acceptors (Lipinski definition) is 10. The van der Waals surface area contributed by atoms with Gasteiger partial charge in [-0.1, -0.05) is 13.8 Å². The van der Waals surface area contributed by atoms with Gasteiger partial charge in [-0.05, 0) is 19.9 Å². The largest absolute Gasteiger partial charge is 0.573 e. The highest BCUT2D eigenvalue weighted by Gasteiger charge is 2.33. The molecule has 0 aliphatic rings. The van der Waals surface area contributed by atoms with Crippen LogP contribution in [0.25, 0.3) is 16.7 Å². The Hall–Kier alpha value is -3.62. The number of ether oxygens (including phenoxy) is 1. The van der Waals surface area contributed by atoms with Crippen molar-refractivity contribution in [1.82, 2.24) is 24.7 Å². The molecule has 208 valence electrons. The second kappa shape index (κ2) is 11.4. The Morgan fingerprint density at radius 2 is 1.87 bits per heavy atom. The Labute approximate surface area is 214 Å². The number of nitrogens with zero attached hydrogens (tertiary/aromatic N) is 4. The number of carbonyl (C=O) groups is 1. The van der Waals surface area contributed by atoms with Crippen molar-refractivity contribution in [2.45, 2.75) is 40.0 Å². The molecule has 2 aromatic heterocycles. The first-order chi connectivity index (χ1) is 17.8. The minimum absolute atomic E-state index is 0.0250. The number of aromatic nitrogens is 4. The number of halogens is 3. The average molecular weight is 562 g/mol. The summed E-state index contributed by atoms with van der Waals surface area (Å²) in [6.07, 6.45) is -2.95. The molecule has 3 rings (SSSR count). The van der Waals surface area contributed by atoms with Gasteiger partial charge in [-0.25, -0.2) is 9.97 Å². The maximum absolute atomic E-state index is 13.2. The molecule has 1 aromatic carbocycles. The minimum atomic E-state index is -5.08. The smallest absolute Gasteiger partial charge is 0.425 e. The van der Waals surface area contributed by atoms with E-state index in [9.17, 15) is 32.5 Å². The van der Waals surface area contributed by atoms with Gasteiger partial charge in [0, 0.05) is 24.4 Å². The summed E-state index contributed by atoms with van der Waals surface area (Å²) in [6.45, 7) is 6.76. The van der Waals surface area contributed by atoms with Crippen LogP contribution in [0.2, 0.25) is 0 Å². The zero-order valence-corrected chi connectivity index (χ0v) is 21.7. The number of carbonyl (C=O) groups excluding carboxylic acids is 1. The van der Waals surface area contributed by atoms with Gasteiger partial charge in [0.1, 0.15) is 17.5 Å². The van der Waals surface area contributed by atoms with E-state index in [-0.39, 0.29) is 35.1 Å². The molecule has 3 N–H and O–H groups in total. The first kappa shape index (κ1) is 28.9. The number of alkyl halides is 3. The van der Waals surface area contributed by atoms with Crippen LogP contribution in [0.4, 0.5) is 19.0 Å². The fourth-order valence-corrected chi connectivity index (χ4v) is 4.95. The molecule has 3 aromatic rings. The summed E-state index contributed by atoms with van der Waals surface area (Å²) in [7, 11) is -3.75. The third-order valence-corrected chi connectivity index (χ3v) is 6.87. The number of anilines is 1. The predicted molar refractivity (Wildman–Crippen MR) is 129 cm³/mol. The second-order valence-electron chi connectivity index (χ2n) is 8.02. The van der Waals surface area contributed by atoms with Crippen LogP contribution in [0.5, 0.6) is 5.75 Å². The van der Waals surface area contributed by atoms with Gasteiger partial charge in [0.25, 0.3) is 5.91 Å². The second-order valence-corrected chi connectivity index (χ2v) is 10.1. The Kier molecular flexibility index (Phi) is 8.69. The topological polar surface area (TPSA) is 159 Å². The molecule has 0 aliphatic heterocycles. The molecule has 2 heterocycles. The summed E-state index contributed by atoms with van der Waals surface area (Å²) in [4.78, 5) is 33.1. The van der Waals surface area contributed by atoms with Crippen molar-refractivity contribution in [3.63, 3.8) is 0 Å². The average Bonchev–Trinajstić information content (AvgIpc) is 3.30. The van der Waals surface area contributed by atoms with E-state index in [0.29, 0.717) is 5.82 Å². The van der Waals surface area contributed by atoms with Crippen molar-refractivity contribution in [3.8, 4) is 11.4 Å². The number of amides is 1. The lowest BCUT2D eigenvalue weighted by Gasteiger charge is -2.18. The first-order valence-electron chi connectivity index (χ1n) is 11.3. The summed E-state index contributed by atoms with van der Waals surface area (Å²) in [5, 5.41) is 10.4. The number of rotatable bonds is 11. The van der Waals surface area contributed by atoms with E-state index in [1.165, 1.54) is 17.0 Å². The highest BCUT2D eigenvalue weighted by Crippen LogP contribution is 2.47. The zero-order valence-electron chi connectivity index (χ0n) is 20.8. The van der Waals surface area contributed by atoms with E-state index in [0.717, 1.165) is 12.1 Å². The van der Waals surface area contributed by atoms with Gasteiger partial charge in [-0.3, -0.25) is 29.6 Å². The van der Waals surface area contributed by atoms with Gasteiger partial charge in [-0.2, -0.15) is 0 Å². The Bertz CT molecular complexity index is 1410. The summed E-state index contributed by atoms with van der Waals surface area (Å²) in [5.41, 5.74) is 2.48. The van der Waals surface area contributed by atoms with E-state index in [2.05, 4.69) is 25.6 Å². The lowest BCUT2D eigenvalue weighted by atomic mass is 10.2. The quantitative estimate of drug-likeness (QED) is 0.179.